The molecule has 4 nitrogen and oxygen atoms in total. The molecule has 7 heteroatoms. The van der Waals surface area contributed by atoms with Crippen LogP contribution in [0.5, 0.6) is 0 Å². The van der Waals surface area contributed by atoms with Crippen LogP contribution in [-0.4, -0.2) is 32.2 Å². The minimum atomic E-state index is -4.42. The van der Waals surface area contributed by atoms with E-state index in [9.17, 15) is 18.3 Å². The van der Waals surface area contributed by atoms with Gasteiger partial charge < -0.3 is 15.2 Å². The third-order valence-corrected chi connectivity index (χ3v) is 2.71. The molecule has 0 aromatic heterocycles. The lowest BCUT2D eigenvalue weighted by Crippen LogP contribution is -2.32. The molecule has 0 amide bonds. The predicted molar refractivity (Wildman–Crippen MR) is 70.3 cm³/mol. The highest BCUT2D eigenvalue weighted by Crippen LogP contribution is 2.32. The summed E-state index contributed by atoms with van der Waals surface area (Å²) in [6.07, 6.45) is -4.42. The Hall–Kier alpha value is -1.31. The number of hydrogen-bond donors (Lipinski definition) is 3. The number of anilines is 1. The van der Waals surface area contributed by atoms with Gasteiger partial charge in [0.05, 0.1) is 5.56 Å². The van der Waals surface area contributed by atoms with E-state index >= 15 is 0 Å². The molecule has 1 aromatic rings. The second-order valence-electron chi connectivity index (χ2n) is 4.35. The molecule has 0 aliphatic heterocycles. The van der Waals surface area contributed by atoms with Gasteiger partial charge in [0.25, 0.3) is 0 Å². The number of benzene rings is 1. The van der Waals surface area contributed by atoms with E-state index in [2.05, 4.69) is 10.6 Å². The van der Waals surface area contributed by atoms with Gasteiger partial charge in [-0.2, -0.15) is 13.2 Å². The standard InChI is InChI=1S/C13H19F3N2O2/c1-17-12(19)18-11-7-9(4-3-5-20-2)6-10(8-11)13(14,15)16/h6-8,12,17-19H,3-5H2,1-2H3. The maximum absolute atomic E-state index is 12.8. The zero-order chi connectivity index (χ0) is 15.2. The fourth-order valence-electron chi connectivity index (χ4n) is 1.73. The van der Waals surface area contributed by atoms with Crippen molar-refractivity contribution in [2.24, 2.45) is 0 Å². The van der Waals surface area contributed by atoms with Gasteiger partial charge in [-0.3, -0.25) is 5.32 Å². The summed E-state index contributed by atoms with van der Waals surface area (Å²) in [5.41, 5.74) is 0.0231. The highest BCUT2D eigenvalue weighted by Gasteiger charge is 2.31. The zero-order valence-electron chi connectivity index (χ0n) is 11.4. The lowest BCUT2D eigenvalue weighted by Gasteiger charge is -2.16. The number of methoxy groups -OCH3 is 1. The summed E-state index contributed by atoms with van der Waals surface area (Å²) in [4.78, 5) is 0. The second kappa shape index (κ2) is 7.47. The van der Waals surface area contributed by atoms with Gasteiger partial charge in [0, 0.05) is 19.4 Å². The molecule has 0 radical (unpaired) electrons. The average molecular weight is 292 g/mol. The number of alkyl halides is 3. The van der Waals surface area contributed by atoms with Gasteiger partial charge in [0.2, 0.25) is 0 Å². The molecule has 0 fully saturated rings. The molecule has 0 aliphatic rings. The topological polar surface area (TPSA) is 53.5 Å². The normalized spacial score (nSPS) is 13.3. The lowest BCUT2D eigenvalue weighted by atomic mass is 10.0. The Labute approximate surface area is 115 Å². The van der Waals surface area contributed by atoms with Gasteiger partial charge in [-0.1, -0.05) is 0 Å². The first-order chi connectivity index (χ1) is 9.36. The SMILES string of the molecule is CNC(O)Nc1cc(CCCOC)cc(C(F)(F)F)c1. The highest BCUT2D eigenvalue weighted by atomic mass is 19.4. The van der Waals surface area contributed by atoms with Crippen LogP contribution >= 0.6 is 0 Å². The van der Waals surface area contributed by atoms with Crippen LogP contribution in [0.25, 0.3) is 0 Å². The quantitative estimate of drug-likeness (QED) is 0.533. The Morgan fingerprint density at radius 2 is 2.00 bits per heavy atom. The van der Waals surface area contributed by atoms with Crippen molar-refractivity contribution in [2.75, 3.05) is 26.1 Å². The number of nitrogens with one attached hydrogen (secondary N) is 2. The fourth-order valence-corrected chi connectivity index (χ4v) is 1.73. The molecule has 0 spiro atoms. The molecule has 1 atom stereocenters. The molecule has 1 unspecified atom stereocenters. The Morgan fingerprint density at radius 3 is 2.55 bits per heavy atom. The number of ether oxygens (including phenoxy) is 1. The number of aryl methyl sites for hydroxylation is 1. The summed E-state index contributed by atoms with van der Waals surface area (Å²) in [6, 6.07) is 3.68. The van der Waals surface area contributed by atoms with E-state index < -0.39 is 18.1 Å². The molecular formula is C13H19F3N2O2. The first-order valence-electron chi connectivity index (χ1n) is 6.19. The van der Waals surface area contributed by atoms with Crippen LogP contribution in [0.1, 0.15) is 17.5 Å². The summed E-state index contributed by atoms with van der Waals surface area (Å²) in [6.45, 7) is 0.484. The van der Waals surface area contributed by atoms with E-state index in [1.54, 1.807) is 13.2 Å². The molecule has 20 heavy (non-hydrogen) atoms. The highest BCUT2D eigenvalue weighted by molar-refractivity contribution is 5.50. The fraction of sp³-hybridized carbons (Fsp3) is 0.538. The number of aliphatic hydroxyl groups is 1. The number of aliphatic hydroxyl groups excluding tert-OH is 1. The van der Waals surface area contributed by atoms with Crippen molar-refractivity contribution in [3.8, 4) is 0 Å². The first kappa shape index (κ1) is 16.7. The van der Waals surface area contributed by atoms with Crippen LogP contribution in [0.3, 0.4) is 0 Å². The molecule has 3 N–H and O–H groups in total. The van der Waals surface area contributed by atoms with E-state index in [1.165, 1.54) is 7.05 Å². The first-order valence-corrected chi connectivity index (χ1v) is 6.19. The van der Waals surface area contributed by atoms with Crippen LogP contribution in [0.2, 0.25) is 0 Å². The van der Waals surface area contributed by atoms with Crippen molar-refractivity contribution in [3.63, 3.8) is 0 Å². The van der Waals surface area contributed by atoms with Gasteiger partial charge in [-0.25, -0.2) is 0 Å². The summed E-state index contributed by atoms with van der Waals surface area (Å²) in [7, 11) is 3.03. The Bertz CT molecular complexity index is 425. The Balaban J connectivity index is 2.95. The molecule has 0 saturated carbocycles. The summed E-state index contributed by atoms with van der Waals surface area (Å²) in [5.74, 6) is 0. The summed E-state index contributed by atoms with van der Waals surface area (Å²) >= 11 is 0. The van der Waals surface area contributed by atoms with Crippen molar-refractivity contribution >= 4 is 5.69 Å². The molecule has 0 saturated heterocycles. The maximum atomic E-state index is 12.8. The molecule has 114 valence electrons. The largest absolute Gasteiger partial charge is 0.416 e. The smallest absolute Gasteiger partial charge is 0.385 e. The van der Waals surface area contributed by atoms with Gasteiger partial charge in [-0.05, 0) is 43.7 Å². The van der Waals surface area contributed by atoms with Crippen molar-refractivity contribution in [2.45, 2.75) is 25.4 Å². The van der Waals surface area contributed by atoms with Gasteiger partial charge >= 0.3 is 6.18 Å². The third-order valence-electron chi connectivity index (χ3n) is 2.71. The lowest BCUT2D eigenvalue weighted by molar-refractivity contribution is -0.137. The monoisotopic (exact) mass is 292 g/mol. The number of halogens is 3. The van der Waals surface area contributed by atoms with Crippen LogP contribution in [0, 0.1) is 0 Å². The van der Waals surface area contributed by atoms with Crippen LogP contribution in [0.4, 0.5) is 18.9 Å². The van der Waals surface area contributed by atoms with E-state index in [-0.39, 0.29) is 5.69 Å². The minimum absolute atomic E-state index is 0.217. The van der Waals surface area contributed by atoms with Crippen molar-refractivity contribution < 1.29 is 23.0 Å². The number of rotatable bonds is 7. The van der Waals surface area contributed by atoms with Crippen LogP contribution < -0.4 is 10.6 Å². The zero-order valence-corrected chi connectivity index (χ0v) is 11.4. The van der Waals surface area contributed by atoms with Gasteiger partial charge in [0.1, 0.15) is 0 Å². The van der Waals surface area contributed by atoms with Crippen molar-refractivity contribution in [1.82, 2.24) is 5.32 Å². The van der Waals surface area contributed by atoms with Crippen molar-refractivity contribution in [3.05, 3.63) is 29.3 Å². The Morgan fingerprint density at radius 1 is 1.30 bits per heavy atom. The van der Waals surface area contributed by atoms with E-state index in [0.717, 1.165) is 12.1 Å². The average Bonchev–Trinajstić information content (AvgIpc) is 2.37. The predicted octanol–water partition coefficient (Wildman–Crippen LogP) is 2.19. The summed E-state index contributed by atoms with van der Waals surface area (Å²) in [5, 5.41) is 14.4. The molecular weight excluding hydrogens is 273 g/mol. The van der Waals surface area contributed by atoms with Crippen LogP contribution in [0.15, 0.2) is 18.2 Å². The van der Waals surface area contributed by atoms with E-state index in [1.807, 2.05) is 0 Å². The molecule has 0 aliphatic carbocycles. The van der Waals surface area contributed by atoms with Crippen molar-refractivity contribution in [1.29, 1.82) is 0 Å². The molecule has 1 rings (SSSR count). The number of hydrogen-bond acceptors (Lipinski definition) is 4. The molecule has 0 heterocycles. The maximum Gasteiger partial charge on any atom is 0.416 e. The summed E-state index contributed by atoms with van der Waals surface area (Å²) < 4.78 is 43.4. The van der Waals surface area contributed by atoms with Gasteiger partial charge in [-0.15, -0.1) is 0 Å². The van der Waals surface area contributed by atoms with Crippen LogP contribution in [-0.2, 0) is 17.3 Å². The molecule has 1 aromatic carbocycles. The van der Waals surface area contributed by atoms with E-state index in [0.29, 0.717) is 25.0 Å². The second-order valence-corrected chi connectivity index (χ2v) is 4.35. The molecule has 0 bridgehead atoms. The Kier molecular flexibility index (Phi) is 6.25. The third kappa shape index (κ3) is 5.36. The minimum Gasteiger partial charge on any atom is -0.385 e. The van der Waals surface area contributed by atoms with E-state index in [4.69, 9.17) is 4.74 Å². The van der Waals surface area contributed by atoms with Gasteiger partial charge in [0.15, 0.2) is 6.35 Å².